The summed E-state index contributed by atoms with van der Waals surface area (Å²) in [7, 11) is 0. The molecule has 20 heavy (non-hydrogen) atoms. The normalized spacial score (nSPS) is 17.9. The van der Waals surface area contributed by atoms with Crippen LogP contribution in [-0.4, -0.2) is 37.7 Å². The minimum Gasteiger partial charge on any atom is -0.378 e. The maximum Gasteiger partial charge on any atom is 0.222 e. The van der Waals surface area contributed by atoms with E-state index in [-0.39, 0.29) is 11.9 Å². The van der Waals surface area contributed by atoms with Gasteiger partial charge in [0.25, 0.3) is 0 Å². The van der Waals surface area contributed by atoms with E-state index in [0.29, 0.717) is 19.1 Å². The Morgan fingerprint density at radius 2 is 2.35 bits per heavy atom. The molecular weight excluding hydrogens is 272 g/mol. The lowest BCUT2D eigenvalue weighted by molar-refractivity contribution is -0.123. The molecule has 1 aromatic rings. The van der Waals surface area contributed by atoms with E-state index in [1.165, 1.54) is 4.88 Å². The minimum absolute atomic E-state index is 0.0861. The number of carbonyl (C=O) groups excluding carboxylic acids is 1. The molecule has 1 amide bonds. The molecule has 1 aliphatic heterocycles. The Labute approximate surface area is 124 Å². The second kappa shape index (κ2) is 8.39. The Bertz CT molecular complexity index is 389. The minimum atomic E-state index is 0.0861. The first kappa shape index (κ1) is 15.5. The monoisotopic (exact) mass is 296 g/mol. The topological polar surface area (TPSA) is 50.4 Å². The van der Waals surface area contributed by atoms with E-state index in [1.54, 1.807) is 11.3 Å². The first-order valence-corrected chi connectivity index (χ1v) is 8.26. The molecule has 0 aromatic carbocycles. The molecular formula is C15H24N2O2S. The van der Waals surface area contributed by atoms with Crippen LogP contribution >= 0.6 is 11.3 Å². The number of amides is 1. The van der Waals surface area contributed by atoms with Crippen molar-refractivity contribution in [2.24, 2.45) is 0 Å². The van der Waals surface area contributed by atoms with Gasteiger partial charge >= 0.3 is 0 Å². The fourth-order valence-electron chi connectivity index (χ4n) is 2.41. The zero-order valence-corrected chi connectivity index (χ0v) is 12.9. The molecule has 1 aromatic heterocycles. The maximum atomic E-state index is 11.8. The second-order valence-corrected chi connectivity index (χ2v) is 6.35. The zero-order valence-electron chi connectivity index (χ0n) is 12.1. The highest BCUT2D eigenvalue weighted by Crippen LogP contribution is 2.11. The SMILES string of the molecule is CC(Cc1cccs1)NC(=O)CCOC1CCNCC1. The summed E-state index contributed by atoms with van der Waals surface area (Å²) in [5.74, 6) is 0.0861. The highest BCUT2D eigenvalue weighted by molar-refractivity contribution is 7.09. The van der Waals surface area contributed by atoms with Gasteiger partial charge in [0.05, 0.1) is 12.7 Å². The number of carbonyl (C=O) groups is 1. The third-order valence-corrected chi connectivity index (χ3v) is 4.36. The van der Waals surface area contributed by atoms with Crippen molar-refractivity contribution in [2.45, 2.75) is 44.8 Å². The van der Waals surface area contributed by atoms with Gasteiger partial charge in [0.1, 0.15) is 0 Å². The summed E-state index contributed by atoms with van der Waals surface area (Å²) in [6.07, 6.45) is 3.79. The molecule has 0 spiro atoms. The first-order chi connectivity index (χ1) is 9.74. The predicted molar refractivity (Wildman–Crippen MR) is 82.1 cm³/mol. The third kappa shape index (κ3) is 5.61. The third-order valence-electron chi connectivity index (χ3n) is 3.46. The van der Waals surface area contributed by atoms with E-state index in [0.717, 1.165) is 32.4 Å². The van der Waals surface area contributed by atoms with E-state index in [2.05, 4.69) is 22.1 Å². The summed E-state index contributed by atoms with van der Waals surface area (Å²) in [5.41, 5.74) is 0. The van der Waals surface area contributed by atoms with Crippen LogP contribution in [0.3, 0.4) is 0 Å². The Morgan fingerprint density at radius 1 is 1.55 bits per heavy atom. The molecule has 5 heteroatoms. The van der Waals surface area contributed by atoms with Gasteiger partial charge in [-0.15, -0.1) is 11.3 Å². The molecule has 112 valence electrons. The molecule has 0 aliphatic carbocycles. The van der Waals surface area contributed by atoms with E-state index >= 15 is 0 Å². The maximum absolute atomic E-state index is 11.8. The fourth-order valence-corrected chi connectivity index (χ4v) is 3.24. The smallest absolute Gasteiger partial charge is 0.222 e. The number of thiophene rings is 1. The van der Waals surface area contributed by atoms with Gasteiger partial charge in [-0.05, 0) is 44.3 Å². The van der Waals surface area contributed by atoms with Crippen molar-refractivity contribution < 1.29 is 9.53 Å². The van der Waals surface area contributed by atoms with Crippen LogP contribution in [0.15, 0.2) is 17.5 Å². The molecule has 0 saturated carbocycles. The van der Waals surface area contributed by atoms with Crippen LogP contribution in [0.1, 0.15) is 31.1 Å². The fraction of sp³-hybridized carbons (Fsp3) is 0.667. The number of ether oxygens (including phenoxy) is 1. The molecule has 2 heterocycles. The number of rotatable bonds is 7. The Hall–Kier alpha value is -0.910. The molecule has 0 bridgehead atoms. The number of hydrogen-bond acceptors (Lipinski definition) is 4. The van der Waals surface area contributed by atoms with Crippen LogP contribution in [0.4, 0.5) is 0 Å². The van der Waals surface area contributed by atoms with Crippen LogP contribution in [0.2, 0.25) is 0 Å². The Balaban J connectivity index is 1.57. The number of hydrogen-bond donors (Lipinski definition) is 2. The lowest BCUT2D eigenvalue weighted by atomic mass is 10.1. The van der Waals surface area contributed by atoms with Crippen LogP contribution in [0.25, 0.3) is 0 Å². The molecule has 1 saturated heterocycles. The van der Waals surface area contributed by atoms with Crippen LogP contribution in [0.5, 0.6) is 0 Å². The van der Waals surface area contributed by atoms with Gasteiger partial charge in [-0.2, -0.15) is 0 Å². The van der Waals surface area contributed by atoms with Gasteiger partial charge in [-0.25, -0.2) is 0 Å². The van der Waals surface area contributed by atoms with E-state index in [9.17, 15) is 4.79 Å². The van der Waals surface area contributed by atoms with Crippen molar-refractivity contribution in [3.8, 4) is 0 Å². The molecule has 1 unspecified atom stereocenters. The van der Waals surface area contributed by atoms with Crippen molar-refractivity contribution in [1.29, 1.82) is 0 Å². The lowest BCUT2D eigenvalue weighted by Crippen LogP contribution is -2.36. The average Bonchev–Trinajstić information content (AvgIpc) is 2.92. The Morgan fingerprint density at radius 3 is 3.05 bits per heavy atom. The lowest BCUT2D eigenvalue weighted by Gasteiger charge is -2.23. The summed E-state index contributed by atoms with van der Waals surface area (Å²) < 4.78 is 5.74. The largest absolute Gasteiger partial charge is 0.378 e. The summed E-state index contributed by atoms with van der Waals surface area (Å²) in [4.78, 5) is 13.1. The van der Waals surface area contributed by atoms with Gasteiger partial charge in [0.2, 0.25) is 5.91 Å². The van der Waals surface area contributed by atoms with Gasteiger partial charge in [0.15, 0.2) is 0 Å². The molecule has 2 N–H and O–H groups in total. The Kier molecular flexibility index (Phi) is 6.50. The number of piperidine rings is 1. The molecule has 1 aliphatic rings. The van der Waals surface area contributed by atoms with E-state index in [1.807, 2.05) is 13.0 Å². The van der Waals surface area contributed by atoms with Crippen molar-refractivity contribution >= 4 is 17.2 Å². The van der Waals surface area contributed by atoms with Crippen LogP contribution in [0, 0.1) is 0 Å². The van der Waals surface area contributed by atoms with Gasteiger partial charge in [0, 0.05) is 23.8 Å². The average molecular weight is 296 g/mol. The number of nitrogens with one attached hydrogen (secondary N) is 2. The summed E-state index contributed by atoms with van der Waals surface area (Å²) in [6, 6.07) is 4.33. The second-order valence-electron chi connectivity index (χ2n) is 5.32. The van der Waals surface area contributed by atoms with Crippen LogP contribution in [-0.2, 0) is 16.0 Å². The molecule has 2 rings (SSSR count). The van der Waals surface area contributed by atoms with Crippen molar-refractivity contribution in [3.05, 3.63) is 22.4 Å². The quantitative estimate of drug-likeness (QED) is 0.808. The van der Waals surface area contributed by atoms with Crippen molar-refractivity contribution in [3.63, 3.8) is 0 Å². The highest BCUT2D eigenvalue weighted by Gasteiger charge is 2.14. The first-order valence-electron chi connectivity index (χ1n) is 7.38. The highest BCUT2D eigenvalue weighted by atomic mass is 32.1. The van der Waals surface area contributed by atoms with Crippen molar-refractivity contribution in [1.82, 2.24) is 10.6 Å². The summed E-state index contributed by atoms with van der Waals surface area (Å²) in [6.45, 7) is 4.62. The van der Waals surface area contributed by atoms with Crippen LogP contribution < -0.4 is 10.6 Å². The molecule has 1 atom stereocenters. The van der Waals surface area contributed by atoms with E-state index in [4.69, 9.17) is 4.74 Å². The van der Waals surface area contributed by atoms with Gasteiger partial charge in [-0.1, -0.05) is 6.07 Å². The molecule has 1 fully saturated rings. The van der Waals surface area contributed by atoms with Gasteiger partial charge < -0.3 is 15.4 Å². The van der Waals surface area contributed by atoms with Crippen molar-refractivity contribution in [2.75, 3.05) is 19.7 Å². The predicted octanol–water partition coefficient (Wildman–Crippen LogP) is 1.95. The van der Waals surface area contributed by atoms with E-state index < -0.39 is 0 Å². The molecule has 4 nitrogen and oxygen atoms in total. The summed E-state index contributed by atoms with van der Waals surface area (Å²) in [5, 5.41) is 8.40. The standard InChI is InChI=1S/C15H24N2O2S/c1-12(11-14-3-2-10-20-14)17-15(18)6-9-19-13-4-7-16-8-5-13/h2-3,10,12-13,16H,4-9,11H2,1H3,(H,17,18). The van der Waals surface area contributed by atoms with Gasteiger partial charge in [-0.3, -0.25) is 4.79 Å². The molecule has 0 radical (unpaired) electrons. The summed E-state index contributed by atoms with van der Waals surface area (Å²) >= 11 is 1.73. The zero-order chi connectivity index (χ0) is 14.2.